The second-order valence-corrected chi connectivity index (χ2v) is 9.23. The fraction of sp³-hybridized carbons (Fsp3) is 0.0952. The van der Waals surface area contributed by atoms with Gasteiger partial charge < -0.3 is 14.5 Å². The number of aromatic nitrogens is 2. The van der Waals surface area contributed by atoms with Gasteiger partial charge in [-0.2, -0.15) is 13.2 Å². The Morgan fingerprint density at radius 3 is 2.67 bits per heavy atom. The summed E-state index contributed by atoms with van der Waals surface area (Å²) < 4.78 is 77.2. The number of anilines is 1. The van der Waals surface area contributed by atoms with Gasteiger partial charge in [0.15, 0.2) is 11.5 Å². The fourth-order valence-electron chi connectivity index (χ4n) is 3.37. The molecule has 0 amide bonds. The maximum absolute atomic E-state index is 12.9. The average molecular weight is 496 g/mol. The van der Waals surface area contributed by atoms with Gasteiger partial charge in [-0.25, -0.2) is 13.4 Å². The quantitative estimate of drug-likeness (QED) is 0.394. The smallest absolute Gasteiger partial charge is 0.416 e. The number of aromatic amines is 1. The molecule has 0 aliphatic carbocycles. The van der Waals surface area contributed by atoms with Crippen LogP contribution >= 0.6 is 11.6 Å². The van der Waals surface area contributed by atoms with Gasteiger partial charge in [-0.15, -0.1) is 0 Å². The summed E-state index contributed by atoms with van der Waals surface area (Å²) in [5.74, 6) is 1.32. The van der Waals surface area contributed by atoms with Gasteiger partial charge in [0.1, 0.15) is 5.82 Å². The molecule has 4 aromatic rings. The van der Waals surface area contributed by atoms with Crippen molar-refractivity contribution in [3.05, 3.63) is 65.2 Å². The number of nitrogens with one attached hydrogen (secondary N) is 2. The molecule has 5 rings (SSSR count). The minimum atomic E-state index is -4.59. The predicted molar refractivity (Wildman–Crippen MR) is 115 cm³/mol. The van der Waals surface area contributed by atoms with Crippen LogP contribution in [0.4, 0.5) is 18.9 Å². The lowest BCUT2D eigenvalue weighted by molar-refractivity contribution is -0.137. The molecular formula is C21H13ClF3N3O4S. The van der Waals surface area contributed by atoms with Crippen molar-refractivity contribution in [1.29, 1.82) is 0 Å². The zero-order valence-corrected chi connectivity index (χ0v) is 18.0. The maximum atomic E-state index is 12.9. The van der Waals surface area contributed by atoms with E-state index in [9.17, 15) is 21.6 Å². The molecule has 1 aliphatic rings. The van der Waals surface area contributed by atoms with Crippen molar-refractivity contribution in [2.24, 2.45) is 0 Å². The second kappa shape index (κ2) is 7.56. The molecule has 2 heterocycles. The lowest BCUT2D eigenvalue weighted by Crippen LogP contribution is -2.14. The minimum Gasteiger partial charge on any atom is -0.454 e. The molecular weight excluding hydrogens is 483 g/mol. The van der Waals surface area contributed by atoms with Gasteiger partial charge in [0.05, 0.1) is 26.5 Å². The number of alkyl halides is 3. The Kier molecular flexibility index (Phi) is 4.91. The van der Waals surface area contributed by atoms with Gasteiger partial charge in [0.25, 0.3) is 10.0 Å². The molecule has 1 aliphatic heterocycles. The van der Waals surface area contributed by atoms with E-state index in [0.29, 0.717) is 38.9 Å². The summed E-state index contributed by atoms with van der Waals surface area (Å²) >= 11 is 6.22. The van der Waals surface area contributed by atoms with Crippen molar-refractivity contribution in [3.63, 3.8) is 0 Å². The van der Waals surface area contributed by atoms with Crippen LogP contribution in [0.25, 0.3) is 22.4 Å². The third kappa shape index (κ3) is 4.05. The van der Waals surface area contributed by atoms with Crippen molar-refractivity contribution in [3.8, 4) is 22.9 Å². The van der Waals surface area contributed by atoms with E-state index in [1.54, 1.807) is 12.1 Å². The highest BCUT2D eigenvalue weighted by molar-refractivity contribution is 7.92. The number of benzene rings is 3. The third-order valence-electron chi connectivity index (χ3n) is 4.91. The Labute approximate surface area is 190 Å². The van der Waals surface area contributed by atoms with E-state index in [1.807, 2.05) is 0 Å². The van der Waals surface area contributed by atoms with Crippen molar-refractivity contribution in [2.45, 2.75) is 11.1 Å². The summed E-state index contributed by atoms with van der Waals surface area (Å²) in [6.07, 6.45) is -4.59. The predicted octanol–water partition coefficient (Wildman–Crippen LogP) is 5.43. The Bertz CT molecular complexity index is 1500. The molecule has 0 atom stereocenters. The number of nitrogens with zero attached hydrogens (tertiary/aromatic N) is 1. The van der Waals surface area contributed by atoms with E-state index in [-0.39, 0.29) is 17.4 Å². The number of H-pyrrole nitrogens is 1. The number of ether oxygens (including phenoxy) is 2. The molecule has 1 aromatic heterocycles. The first-order valence-electron chi connectivity index (χ1n) is 9.39. The molecule has 0 spiro atoms. The zero-order chi connectivity index (χ0) is 23.4. The van der Waals surface area contributed by atoms with Crippen LogP contribution < -0.4 is 14.2 Å². The Morgan fingerprint density at radius 2 is 1.88 bits per heavy atom. The third-order valence-corrected chi connectivity index (χ3v) is 6.57. The van der Waals surface area contributed by atoms with Crippen molar-refractivity contribution >= 4 is 38.3 Å². The van der Waals surface area contributed by atoms with Gasteiger partial charge in [0, 0.05) is 11.3 Å². The molecule has 0 unspecified atom stereocenters. The van der Waals surface area contributed by atoms with E-state index in [2.05, 4.69) is 14.7 Å². The lowest BCUT2D eigenvalue weighted by atomic mass is 10.2. The monoisotopic (exact) mass is 495 g/mol. The van der Waals surface area contributed by atoms with E-state index < -0.39 is 21.8 Å². The molecule has 12 heteroatoms. The normalized spacial score (nSPS) is 13.5. The molecule has 33 heavy (non-hydrogen) atoms. The van der Waals surface area contributed by atoms with Crippen molar-refractivity contribution in [1.82, 2.24) is 9.97 Å². The van der Waals surface area contributed by atoms with E-state index in [4.69, 9.17) is 21.1 Å². The number of hydrogen-bond acceptors (Lipinski definition) is 5. The molecule has 3 aromatic carbocycles. The molecule has 0 bridgehead atoms. The maximum Gasteiger partial charge on any atom is 0.416 e. The molecule has 0 radical (unpaired) electrons. The van der Waals surface area contributed by atoms with E-state index in [0.717, 1.165) is 18.2 Å². The van der Waals surface area contributed by atoms with Gasteiger partial charge in [-0.1, -0.05) is 17.7 Å². The number of rotatable bonds is 4. The van der Waals surface area contributed by atoms with Gasteiger partial charge in [-0.3, -0.25) is 4.72 Å². The number of halogens is 4. The minimum absolute atomic E-state index is 0.0543. The number of sulfonamides is 1. The largest absolute Gasteiger partial charge is 0.454 e. The van der Waals surface area contributed by atoms with E-state index >= 15 is 0 Å². The van der Waals surface area contributed by atoms with Gasteiger partial charge in [-0.05, 0) is 48.5 Å². The Hall–Kier alpha value is -3.44. The molecule has 2 N–H and O–H groups in total. The fourth-order valence-corrected chi connectivity index (χ4v) is 4.71. The van der Waals surface area contributed by atoms with Crippen LogP contribution in [0.2, 0.25) is 5.02 Å². The standard InChI is InChI=1S/C21H13ClF3N3O4S/c22-15-6-11(7-18-19(15)32-10-31-18)20-26-16-5-4-14(9-17(16)27-20)33(29,30)28-13-3-1-2-12(8-13)21(23,24)25/h1-9,28H,10H2,(H,26,27). The SMILES string of the molecule is O=S(=O)(Nc1cccc(C(F)(F)F)c1)c1ccc2nc(-c3cc(Cl)c4c(c3)OCO4)[nH]c2c1. The first-order valence-corrected chi connectivity index (χ1v) is 11.3. The number of fused-ring (bicyclic) bond motifs is 2. The zero-order valence-electron chi connectivity index (χ0n) is 16.4. The van der Waals surface area contributed by atoms with Gasteiger partial charge >= 0.3 is 6.18 Å². The Morgan fingerprint density at radius 1 is 1.06 bits per heavy atom. The van der Waals surface area contributed by atoms with Crippen LogP contribution in [-0.2, 0) is 16.2 Å². The summed E-state index contributed by atoms with van der Waals surface area (Å²) in [4.78, 5) is 7.33. The highest BCUT2D eigenvalue weighted by atomic mass is 35.5. The highest BCUT2D eigenvalue weighted by Crippen LogP contribution is 2.42. The molecule has 170 valence electrons. The molecule has 0 fully saturated rings. The molecule has 7 nitrogen and oxygen atoms in total. The van der Waals surface area contributed by atoms with Crippen LogP contribution in [0.3, 0.4) is 0 Å². The first kappa shape index (κ1) is 21.4. The molecule has 0 saturated heterocycles. The first-order chi connectivity index (χ1) is 15.6. The number of imidazole rings is 1. The summed E-state index contributed by atoms with van der Waals surface area (Å²) in [5.41, 5.74) is 0.332. The van der Waals surface area contributed by atoms with Crippen LogP contribution in [0.1, 0.15) is 5.56 Å². The van der Waals surface area contributed by atoms with Crippen LogP contribution in [0.15, 0.2) is 59.5 Å². The average Bonchev–Trinajstić information content (AvgIpc) is 3.39. The summed E-state index contributed by atoms with van der Waals surface area (Å²) in [7, 11) is -4.16. The van der Waals surface area contributed by atoms with Crippen LogP contribution in [0, 0.1) is 0 Å². The van der Waals surface area contributed by atoms with Crippen LogP contribution in [-0.4, -0.2) is 25.2 Å². The van der Waals surface area contributed by atoms with Crippen molar-refractivity contribution in [2.75, 3.05) is 11.5 Å². The van der Waals surface area contributed by atoms with Crippen LogP contribution in [0.5, 0.6) is 11.5 Å². The highest BCUT2D eigenvalue weighted by Gasteiger charge is 2.31. The second-order valence-electron chi connectivity index (χ2n) is 7.14. The molecule has 0 saturated carbocycles. The van der Waals surface area contributed by atoms with Gasteiger partial charge in [0.2, 0.25) is 6.79 Å². The summed E-state index contributed by atoms with van der Waals surface area (Å²) in [6.45, 7) is 0.0543. The lowest BCUT2D eigenvalue weighted by Gasteiger charge is -2.11. The Balaban J connectivity index is 1.47. The topological polar surface area (TPSA) is 93.3 Å². The number of hydrogen-bond donors (Lipinski definition) is 2. The summed E-state index contributed by atoms with van der Waals surface area (Å²) in [5, 5.41) is 0.342. The van der Waals surface area contributed by atoms with E-state index in [1.165, 1.54) is 24.3 Å². The van der Waals surface area contributed by atoms with Crippen molar-refractivity contribution < 1.29 is 31.1 Å². The summed E-state index contributed by atoms with van der Waals surface area (Å²) in [6, 6.07) is 11.4.